The number of aliphatic carboxylic acids is 1. The first-order valence-corrected chi connectivity index (χ1v) is 8.42. The zero-order valence-electron chi connectivity index (χ0n) is 13.9. The van der Waals surface area contributed by atoms with Gasteiger partial charge in [0, 0.05) is 12.0 Å². The normalized spacial score (nSPS) is 14.6. The molecule has 1 aliphatic rings. The summed E-state index contributed by atoms with van der Waals surface area (Å²) in [5, 5.41) is 11.9. The van der Waals surface area contributed by atoms with Crippen LogP contribution in [0.3, 0.4) is 0 Å². The number of nitrogens with one attached hydrogen (secondary N) is 1. The van der Waals surface area contributed by atoms with Crippen LogP contribution in [0, 0.1) is 5.92 Å². The van der Waals surface area contributed by atoms with Gasteiger partial charge in [-0.3, -0.25) is 4.79 Å². The van der Waals surface area contributed by atoms with E-state index >= 15 is 0 Å². The number of carbonyl (C=O) groups is 2. The molecule has 1 amide bonds. The SMILES string of the molecule is O=C(NC(Cc1ccccc1)C(=O)O)c1ccc(OCC2CC2)cc1. The van der Waals surface area contributed by atoms with E-state index in [0.717, 1.165) is 11.3 Å². The monoisotopic (exact) mass is 339 g/mol. The molecule has 1 unspecified atom stereocenters. The standard InChI is InChI=1S/C20H21NO4/c22-19(16-8-10-17(11-9-16)25-13-15-6-7-15)21-18(20(23)24)12-14-4-2-1-3-5-14/h1-5,8-11,15,18H,6-7,12-13H2,(H,21,22)(H,23,24). The Balaban J connectivity index is 1.59. The maximum atomic E-state index is 12.3. The van der Waals surface area contributed by atoms with Gasteiger partial charge in [-0.15, -0.1) is 0 Å². The third-order valence-electron chi connectivity index (χ3n) is 4.19. The van der Waals surface area contributed by atoms with Crippen LogP contribution in [0.25, 0.3) is 0 Å². The molecule has 3 rings (SSSR count). The quantitative estimate of drug-likeness (QED) is 0.775. The fourth-order valence-electron chi connectivity index (χ4n) is 2.49. The molecule has 1 saturated carbocycles. The Morgan fingerprint density at radius 3 is 2.36 bits per heavy atom. The summed E-state index contributed by atoms with van der Waals surface area (Å²) < 4.78 is 5.64. The summed E-state index contributed by atoms with van der Waals surface area (Å²) in [6, 6.07) is 15.0. The number of hydrogen-bond donors (Lipinski definition) is 2. The minimum absolute atomic E-state index is 0.241. The average Bonchev–Trinajstić information content (AvgIpc) is 3.45. The number of benzene rings is 2. The molecule has 2 aromatic carbocycles. The largest absolute Gasteiger partial charge is 0.493 e. The van der Waals surface area contributed by atoms with E-state index in [9.17, 15) is 14.7 Å². The average molecular weight is 339 g/mol. The van der Waals surface area contributed by atoms with Gasteiger partial charge in [-0.1, -0.05) is 30.3 Å². The van der Waals surface area contributed by atoms with Crippen LogP contribution in [0.1, 0.15) is 28.8 Å². The van der Waals surface area contributed by atoms with Crippen molar-refractivity contribution in [3.63, 3.8) is 0 Å². The molecule has 0 saturated heterocycles. The summed E-state index contributed by atoms with van der Waals surface area (Å²) in [4.78, 5) is 23.8. The van der Waals surface area contributed by atoms with Crippen LogP contribution >= 0.6 is 0 Å². The number of carboxylic acids is 1. The minimum atomic E-state index is -1.05. The van der Waals surface area contributed by atoms with Crippen molar-refractivity contribution >= 4 is 11.9 Å². The first-order chi connectivity index (χ1) is 12.1. The maximum absolute atomic E-state index is 12.3. The Labute approximate surface area is 146 Å². The van der Waals surface area contributed by atoms with Crippen LogP contribution in [0.15, 0.2) is 54.6 Å². The van der Waals surface area contributed by atoms with Crippen molar-refractivity contribution in [1.29, 1.82) is 0 Å². The highest BCUT2D eigenvalue weighted by Crippen LogP contribution is 2.29. The van der Waals surface area contributed by atoms with Crippen LogP contribution in [0.5, 0.6) is 5.75 Å². The van der Waals surface area contributed by atoms with Gasteiger partial charge in [0.05, 0.1) is 6.61 Å². The van der Waals surface area contributed by atoms with Crippen molar-refractivity contribution in [3.05, 3.63) is 65.7 Å². The van der Waals surface area contributed by atoms with E-state index in [1.54, 1.807) is 24.3 Å². The first-order valence-electron chi connectivity index (χ1n) is 8.42. The lowest BCUT2D eigenvalue weighted by Crippen LogP contribution is -2.42. The summed E-state index contributed by atoms with van der Waals surface area (Å²) in [6.45, 7) is 0.712. The van der Waals surface area contributed by atoms with Crippen LogP contribution in [0.2, 0.25) is 0 Å². The van der Waals surface area contributed by atoms with E-state index in [2.05, 4.69) is 5.32 Å². The number of ether oxygens (including phenoxy) is 1. The summed E-state index contributed by atoms with van der Waals surface area (Å²) in [6.07, 6.45) is 2.68. The Morgan fingerprint density at radius 1 is 1.08 bits per heavy atom. The summed E-state index contributed by atoms with van der Waals surface area (Å²) in [7, 11) is 0. The predicted octanol–water partition coefficient (Wildman–Crippen LogP) is 2.90. The zero-order valence-corrected chi connectivity index (χ0v) is 13.9. The molecule has 1 atom stereocenters. The molecule has 5 nitrogen and oxygen atoms in total. The lowest BCUT2D eigenvalue weighted by atomic mass is 10.1. The van der Waals surface area contributed by atoms with E-state index in [0.29, 0.717) is 18.1 Å². The highest BCUT2D eigenvalue weighted by atomic mass is 16.5. The smallest absolute Gasteiger partial charge is 0.326 e. The van der Waals surface area contributed by atoms with Gasteiger partial charge in [-0.25, -0.2) is 4.79 Å². The van der Waals surface area contributed by atoms with Gasteiger partial charge >= 0.3 is 5.97 Å². The molecule has 2 aromatic rings. The third-order valence-corrected chi connectivity index (χ3v) is 4.19. The molecule has 2 N–H and O–H groups in total. The van der Waals surface area contributed by atoms with Crippen molar-refractivity contribution in [2.24, 2.45) is 5.92 Å². The zero-order chi connectivity index (χ0) is 17.6. The van der Waals surface area contributed by atoms with Crippen molar-refractivity contribution in [1.82, 2.24) is 5.32 Å². The predicted molar refractivity (Wildman–Crippen MR) is 93.7 cm³/mol. The lowest BCUT2D eigenvalue weighted by Gasteiger charge is -2.15. The molecular formula is C20H21NO4. The maximum Gasteiger partial charge on any atom is 0.326 e. The van der Waals surface area contributed by atoms with Crippen molar-refractivity contribution in [2.45, 2.75) is 25.3 Å². The Kier molecular flexibility index (Phi) is 5.33. The van der Waals surface area contributed by atoms with Gasteiger partial charge in [-0.05, 0) is 48.6 Å². The van der Waals surface area contributed by atoms with Crippen molar-refractivity contribution < 1.29 is 19.4 Å². The molecule has 0 heterocycles. The van der Waals surface area contributed by atoms with Gasteiger partial charge in [0.25, 0.3) is 5.91 Å². The number of carboxylic acid groups (broad SMARTS) is 1. The summed E-state index contributed by atoms with van der Waals surface area (Å²) >= 11 is 0. The third kappa shape index (κ3) is 5.08. The Hall–Kier alpha value is -2.82. The number of amides is 1. The second kappa shape index (κ2) is 7.83. The molecule has 0 aromatic heterocycles. The minimum Gasteiger partial charge on any atom is -0.493 e. The van der Waals surface area contributed by atoms with Crippen LogP contribution in [-0.4, -0.2) is 29.6 Å². The first kappa shape index (κ1) is 17.0. The van der Waals surface area contributed by atoms with Gasteiger partial charge in [0.15, 0.2) is 0 Å². The molecule has 1 aliphatic carbocycles. The van der Waals surface area contributed by atoms with E-state index in [1.807, 2.05) is 30.3 Å². The van der Waals surface area contributed by atoms with Gasteiger partial charge in [0.2, 0.25) is 0 Å². The van der Waals surface area contributed by atoms with Crippen LogP contribution in [-0.2, 0) is 11.2 Å². The molecular weight excluding hydrogens is 318 g/mol. The molecule has 1 fully saturated rings. The number of carbonyl (C=O) groups excluding carboxylic acids is 1. The molecule has 25 heavy (non-hydrogen) atoms. The van der Waals surface area contributed by atoms with Crippen molar-refractivity contribution in [3.8, 4) is 5.75 Å². The van der Waals surface area contributed by atoms with Gasteiger partial charge in [-0.2, -0.15) is 0 Å². The number of rotatable bonds is 8. The molecule has 0 bridgehead atoms. The summed E-state index contributed by atoms with van der Waals surface area (Å²) in [5.74, 6) is -0.0709. The van der Waals surface area contributed by atoms with Gasteiger partial charge < -0.3 is 15.2 Å². The Morgan fingerprint density at radius 2 is 1.76 bits per heavy atom. The van der Waals surface area contributed by atoms with E-state index in [1.165, 1.54) is 12.8 Å². The number of hydrogen-bond acceptors (Lipinski definition) is 3. The van der Waals surface area contributed by atoms with E-state index in [-0.39, 0.29) is 6.42 Å². The van der Waals surface area contributed by atoms with E-state index in [4.69, 9.17) is 4.74 Å². The second-order valence-corrected chi connectivity index (χ2v) is 6.33. The second-order valence-electron chi connectivity index (χ2n) is 6.33. The highest BCUT2D eigenvalue weighted by molar-refractivity contribution is 5.96. The molecule has 0 aliphatic heterocycles. The molecule has 5 heteroatoms. The fourth-order valence-corrected chi connectivity index (χ4v) is 2.49. The van der Waals surface area contributed by atoms with Crippen molar-refractivity contribution in [2.75, 3.05) is 6.61 Å². The lowest BCUT2D eigenvalue weighted by molar-refractivity contribution is -0.139. The molecule has 0 radical (unpaired) electrons. The van der Waals surface area contributed by atoms with E-state index < -0.39 is 17.9 Å². The van der Waals surface area contributed by atoms with Crippen LogP contribution in [0.4, 0.5) is 0 Å². The topological polar surface area (TPSA) is 75.6 Å². The van der Waals surface area contributed by atoms with Crippen LogP contribution < -0.4 is 10.1 Å². The summed E-state index contributed by atoms with van der Waals surface area (Å²) in [5.41, 5.74) is 1.28. The molecule has 0 spiro atoms. The Bertz CT molecular complexity index is 723. The van der Waals surface area contributed by atoms with Gasteiger partial charge in [0.1, 0.15) is 11.8 Å². The highest BCUT2D eigenvalue weighted by Gasteiger charge is 2.22. The fraction of sp³-hybridized carbons (Fsp3) is 0.300. The molecule has 130 valence electrons.